The van der Waals surface area contributed by atoms with Crippen LogP contribution in [0.1, 0.15) is 37.9 Å². The van der Waals surface area contributed by atoms with Gasteiger partial charge in [-0.3, -0.25) is 13.5 Å². The molecule has 0 bridgehead atoms. The Morgan fingerprint density at radius 1 is 0.839 bits per heavy atom. The summed E-state index contributed by atoms with van der Waals surface area (Å²) >= 11 is 0. The van der Waals surface area contributed by atoms with E-state index in [2.05, 4.69) is 10.6 Å². The van der Waals surface area contributed by atoms with Gasteiger partial charge in [-0.2, -0.15) is 5.26 Å². The van der Waals surface area contributed by atoms with Crippen LogP contribution >= 0.6 is 0 Å². The third-order valence-corrected chi connectivity index (χ3v) is 5.64. The van der Waals surface area contributed by atoms with E-state index in [4.69, 9.17) is 10.2 Å². The van der Waals surface area contributed by atoms with Gasteiger partial charge in [-0.25, -0.2) is 9.78 Å². The summed E-state index contributed by atoms with van der Waals surface area (Å²) < 4.78 is 18.3. The highest BCUT2D eigenvalue weighted by molar-refractivity contribution is 5.77. The standard InChI is InChI=1S/C24H26FN5O/c25-14-6-9-16-28-20-11-3-2-10-19(20)27-23(28)18-30-22-13-5-4-12-21(22)29(24(30)31)17-8-1-7-15-26/h2-5,10-13H,1,6-9,14,16-18H2. The van der Waals surface area contributed by atoms with Gasteiger partial charge >= 0.3 is 5.69 Å². The maximum absolute atomic E-state index is 13.3. The number of nitriles is 1. The number of benzene rings is 2. The van der Waals surface area contributed by atoms with Gasteiger partial charge in [0.15, 0.2) is 0 Å². The first-order valence-electron chi connectivity index (χ1n) is 10.8. The SMILES string of the molecule is N#CCCCCn1c(=O)n(Cc2nc3ccccc3n2CCCCF)c2ccccc21. The van der Waals surface area contributed by atoms with Crippen LogP contribution in [0.2, 0.25) is 0 Å². The van der Waals surface area contributed by atoms with Crippen LogP contribution in [0.5, 0.6) is 0 Å². The van der Waals surface area contributed by atoms with Crippen LogP contribution in [0.15, 0.2) is 53.3 Å². The van der Waals surface area contributed by atoms with Crippen molar-refractivity contribution in [3.8, 4) is 6.07 Å². The lowest BCUT2D eigenvalue weighted by Gasteiger charge is -2.09. The van der Waals surface area contributed by atoms with Gasteiger partial charge in [0.2, 0.25) is 0 Å². The van der Waals surface area contributed by atoms with Crippen LogP contribution in [0.3, 0.4) is 0 Å². The second-order valence-corrected chi connectivity index (χ2v) is 7.69. The fourth-order valence-corrected chi connectivity index (χ4v) is 4.12. The van der Waals surface area contributed by atoms with Crippen molar-refractivity contribution in [3.63, 3.8) is 0 Å². The minimum atomic E-state index is -0.333. The zero-order valence-electron chi connectivity index (χ0n) is 17.5. The lowest BCUT2D eigenvalue weighted by molar-refractivity contribution is 0.446. The Morgan fingerprint density at radius 3 is 2.23 bits per heavy atom. The average Bonchev–Trinajstić information content (AvgIpc) is 3.27. The molecule has 4 rings (SSSR count). The zero-order chi connectivity index (χ0) is 21.6. The quantitative estimate of drug-likeness (QED) is 0.352. The molecule has 2 aromatic carbocycles. The highest BCUT2D eigenvalue weighted by Crippen LogP contribution is 2.20. The molecule has 0 atom stereocenters. The first-order valence-corrected chi connectivity index (χ1v) is 10.8. The van der Waals surface area contributed by atoms with Gasteiger partial charge in [0.1, 0.15) is 5.82 Å². The number of hydrogen-bond acceptors (Lipinski definition) is 3. The summed E-state index contributed by atoms with van der Waals surface area (Å²) in [4.78, 5) is 18.1. The molecule has 0 aliphatic heterocycles. The van der Waals surface area contributed by atoms with Crippen LogP contribution in [0, 0.1) is 11.3 Å². The van der Waals surface area contributed by atoms with Crippen molar-refractivity contribution in [2.45, 2.75) is 51.7 Å². The molecule has 31 heavy (non-hydrogen) atoms. The normalized spacial score (nSPS) is 11.4. The molecule has 0 saturated carbocycles. The summed E-state index contributed by atoms with van der Waals surface area (Å²) in [6.07, 6.45) is 3.28. The maximum Gasteiger partial charge on any atom is 0.329 e. The molecule has 0 amide bonds. The van der Waals surface area contributed by atoms with E-state index in [1.807, 2.05) is 48.5 Å². The molecule has 0 radical (unpaired) electrons. The second-order valence-electron chi connectivity index (χ2n) is 7.69. The number of aromatic nitrogens is 4. The average molecular weight is 420 g/mol. The number of aryl methyl sites for hydroxylation is 2. The molecule has 0 unspecified atom stereocenters. The summed E-state index contributed by atoms with van der Waals surface area (Å²) in [7, 11) is 0. The summed E-state index contributed by atoms with van der Waals surface area (Å²) in [5, 5.41) is 8.77. The minimum absolute atomic E-state index is 0.0690. The van der Waals surface area contributed by atoms with E-state index in [9.17, 15) is 9.18 Å². The molecule has 2 heterocycles. The molecule has 0 fully saturated rings. The predicted molar refractivity (Wildman–Crippen MR) is 120 cm³/mol. The third-order valence-electron chi connectivity index (χ3n) is 5.64. The van der Waals surface area contributed by atoms with Gasteiger partial charge in [0.05, 0.1) is 41.4 Å². The van der Waals surface area contributed by atoms with Gasteiger partial charge < -0.3 is 4.57 Å². The Labute approximate surface area is 180 Å². The van der Waals surface area contributed by atoms with Crippen molar-refractivity contribution < 1.29 is 4.39 Å². The number of unbranched alkanes of at least 4 members (excludes halogenated alkanes) is 3. The molecule has 7 heteroatoms. The molecule has 0 saturated heterocycles. The number of para-hydroxylation sites is 4. The smallest absolute Gasteiger partial charge is 0.326 e. The van der Waals surface area contributed by atoms with Crippen molar-refractivity contribution in [3.05, 3.63) is 64.8 Å². The van der Waals surface area contributed by atoms with E-state index in [0.717, 1.165) is 47.2 Å². The van der Waals surface area contributed by atoms with Gasteiger partial charge in [0, 0.05) is 19.5 Å². The zero-order valence-corrected chi connectivity index (χ0v) is 17.5. The van der Waals surface area contributed by atoms with E-state index in [1.165, 1.54) is 0 Å². The topological polar surface area (TPSA) is 68.5 Å². The highest BCUT2D eigenvalue weighted by atomic mass is 19.1. The number of nitrogens with zero attached hydrogens (tertiary/aromatic N) is 5. The Morgan fingerprint density at radius 2 is 1.48 bits per heavy atom. The highest BCUT2D eigenvalue weighted by Gasteiger charge is 2.17. The molecule has 2 aromatic heterocycles. The van der Waals surface area contributed by atoms with E-state index >= 15 is 0 Å². The second kappa shape index (κ2) is 9.61. The molecule has 160 valence electrons. The summed E-state index contributed by atoms with van der Waals surface area (Å²) in [5.41, 5.74) is 3.58. The van der Waals surface area contributed by atoms with Crippen molar-refractivity contribution in [2.75, 3.05) is 6.67 Å². The van der Waals surface area contributed by atoms with Crippen LogP contribution in [-0.4, -0.2) is 25.4 Å². The van der Waals surface area contributed by atoms with Crippen LogP contribution in [0.4, 0.5) is 4.39 Å². The number of rotatable bonds is 10. The fourth-order valence-electron chi connectivity index (χ4n) is 4.12. The predicted octanol–water partition coefficient (Wildman–Crippen LogP) is 4.64. The largest absolute Gasteiger partial charge is 0.329 e. The van der Waals surface area contributed by atoms with Crippen molar-refractivity contribution in [1.82, 2.24) is 18.7 Å². The minimum Gasteiger partial charge on any atom is -0.326 e. The molecule has 0 aliphatic carbocycles. The number of imidazole rings is 2. The van der Waals surface area contributed by atoms with E-state index in [0.29, 0.717) is 32.5 Å². The van der Waals surface area contributed by atoms with E-state index in [-0.39, 0.29) is 12.4 Å². The van der Waals surface area contributed by atoms with Crippen LogP contribution in [0.25, 0.3) is 22.1 Å². The number of alkyl halides is 1. The molecular formula is C24H26FN5O. The Kier molecular flexibility index (Phi) is 6.46. The number of hydrogen-bond donors (Lipinski definition) is 0. The lowest BCUT2D eigenvalue weighted by Crippen LogP contribution is -2.26. The summed E-state index contributed by atoms with van der Waals surface area (Å²) in [6, 6.07) is 17.8. The monoisotopic (exact) mass is 419 g/mol. The van der Waals surface area contributed by atoms with E-state index in [1.54, 1.807) is 9.13 Å². The van der Waals surface area contributed by atoms with Crippen LogP contribution in [-0.2, 0) is 19.6 Å². The molecule has 0 aliphatic rings. The van der Waals surface area contributed by atoms with Crippen molar-refractivity contribution in [1.29, 1.82) is 5.26 Å². The lowest BCUT2D eigenvalue weighted by atomic mass is 10.2. The fraction of sp³-hybridized carbons (Fsp3) is 0.375. The Hall–Kier alpha value is -3.40. The van der Waals surface area contributed by atoms with Crippen molar-refractivity contribution in [2.24, 2.45) is 0 Å². The summed E-state index contributed by atoms with van der Waals surface area (Å²) in [6.45, 7) is 1.28. The van der Waals surface area contributed by atoms with Crippen LogP contribution < -0.4 is 5.69 Å². The van der Waals surface area contributed by atoms with E-state index < -0.39 is 0 Å². The number of fused-ring (bicyclic) bond motifs is 2. The Bertz CT molecular complexity index is 1280. The molecule has 0 spiro atoms. The maximum atomic E-state index is 13.3. The molecular weight excluding hydrogens is 393 g/mol. The Balaban J connectivity index is 1.73. The first kappa shape index (κ1) is 20.9. The van der Waals surface area contributed by atoms with Gasteiger partial charge in [-0.15, -0.1) is 0 Å². The van der Waals surface area contributed by atoms with Gasteiger partial charge in [-0.1, -0.05) is 24.3 Å². The number of halogens is 1. The summed E-state index contributed by atoms with van der Waals surface area (Å²) in [5.74, 6) is 0.801. The first-order chi connectivity index (χ1) is 15.2. The molecule has 6 nitrogen and oxygen atoms in total. The molecule has 0 N–H and O–H groups in total. The molecule has 4 aromatic rings. The van der Waals surface area contributed by atoms with Gasteiger partial charge in [-0.05, 0) is 49.9 Å². The third kappa shape index (κ3) is 4.24. The van der Waals surface area contributed by atoms with Crippen molar-refractivity contribution >= 4 is 22.1 Å². The van der Waals surface area contributed by atoms with Gasteiger partial charge in [0.25, 0.3) is 0 Å².